The Morgan fingerprint density at radius 2 is 1.78 bits per heavy atom. The lowest BCUT2D eigenvalue weighted by molar-refractivity contribution is -1.01. The first-order valence-electron chi connectivity index (χ1n) is 9.08. The minimum absolute atomic E-state index is 0.386. The molecule has 0 radical (unpaired) electrons. The van der Waals surface area contributed by atoms with Crippen LogP contribution in [0.25, 0.3) is 0 Å². The lowest BCUT2D eigenvalue weighted by Crippen LogP contribution is -3.28. The van der Waals surface area contributed by atoms with Gasteiger partial charge in [0.05, 0.1) is 6.54 Å². The van der Waals surface area contributed by atoms with Crippen molar-refractivity contribution in [1.29, 1.82) is 0 Å². The van der Waals surface area contributed by atoms with Gasteiger partial charge in [0.1, 0.15) is 51.2 Å². The second-order valence-corrected chi connectivity index (χ2v) is 7.22. The lowest BCUT2D eigenvalue weighted by Gasteiger charge is -2.30. The van der Waals surface area contributed by atoms with Gasteiger partial charge in [0.25, 0.3) is 0 Å². The van der Waals surface area contributed by atoms with E-state index in [-0.39, 0.29) is 0 Å². The molecule has 0 bridgehead atoms. The van der Waals surface area contributed by atoms with Crippen LogP contribution in [0.1, 0.15) is 37.8 Å². The minimum Gasteiger partial charge on any atom is -0.490 e. The fraction of sp³-hybridized carbons (Fsp3) is 0.684. The van der Waals surface area contributed by atoms with Crippen molar-refractivity contribution in [2.75, 3.05) is 45.9 Å². The summed E-state index contributed by atoms with van der Waals surface area (Å²) in [4.78, 5) is 3.19. The Morgan fingerprint density at radius 1 is 1.13 bits per heavy atom. The summed E-state index contributed by atoms with van der Waals surface area (Å²) >= 11 is 0. The van der Waals surface area contributed by atoms with Crippen LogP contribution in [0.3, 0.4) is 0 Å². The molecule has 1 heterocycles. The van der Waals surface area contributed by atoms with Crippen LogP contribution in [0.2, 0.25) is 0 Å². The largest absolute Gasteiger partial charge is 0.490 e. The van der Waals surface area contributed by atoms with Crippen LogP contribution in [-0.2, 0) is 0 Å². The molecule has 3 N–H and O–H groups in total. The van der Waals surface area contributed by atoms with Gasteiger partial charge in [0.2, 0.25) is 0 Å². The van der Waals surface area contributed by atoms with Crippen molar-refractivity contribution < 1.29 is 19.6 Å². The number of piperazine rings is 1. The molecule has 1 aromatic carbocycles. The van der Waals surface area contributed by atoms with Crippen LogP contribution in [0.15, 0.2) is 18.2 Å². The van der Waals surface area contributed by atoms with Gasteiger partial charge in [-0.05, 0) is 37.0 Å². The molecule has 4 nitrogen and oxygen atoms in total. The molecule has 0 unspecified atom stereocenters. The molecule has 1 aliphatic rings. The SMILES string of the molecule is CC[NH+]1CC[NH+](C[C@@H](O)COc2cc(C)ccc2C(C)C)CC1. The van der Waals surface area contributed by atoms with Crippen molar-refractivity contribution in [1.82, 2.24) is 0 Å². The fourth-order valence-corrected chi connectivity index (χ4v) is 3.34. The monoisotopic (exact) mass is 322 g/mol. The average Bonchev–Trinajstić information content (AvgIpc) is 2.53. The predicted molar refractivity (Wildman–Crippen MR) is 93.6 cm³/mol. The Labute approximate surface area is 141 Å². The summed E-state index contributed by atoms with van der Waals surface area (Å²) in [5.41, 5.74) is 2.42. The van der Waals surface area contributed by atoms with Crippen LogP contribution < -0.4 is 14.5 Å². The third-order valence-electron chi connectivity index (χ3n) is 4.91. The molecule has 1 aliphatic heterocycles. The third-order valence-corrected chi connectivity index (χ3v) is 4.91. The number of ether oxygens (including phenoxy) is 1. The van der Waals surface area contributed by atoms with E-state index < -0.39 is 6.10 Å². The molecule has 1 fully saturated rings. The minimum atomic E-state index is -0.395. The average molecular weight is 322 g/mol. The van der Waals surface area contributed by atoms with Crippen molar-refractivity contribution in [3.05, 3.63) is 29.3 Å². The molecule has 1 atom stereocenters. The summed E-state index contributed by atoms with van der Waals surface area (Å²) in [5, 5.41) is 10.3. The summed E-state index contributed by atoms with van der Waals surface area (Å²) < 4.78 is 5.96. The van der Waals surface area contributed by atoms with Gasteiger partial charge in [-0.3, -0.25) is 0 Å². The van der Waals surface area contributed by atoms with Crippen LogP contribution in [0.4, 0.5) is 0 Å². The van der Waals surface area contributed by atoms with E-state index in [1.807, 2.05) is 0 Å². The van der Waals surface area contributed by atoms with E-state index in [0.717, 1.165) is 25.4 Å². The number of hydrogen-bond donors (Lipinski definition) is 3. The summed E-state index contributed by atoms with van der Waals surface area (Å²) in [6.45, 7) is 15.8. The molecule has 23 heavy (non-hydrogen) atoms. The lowest BCUT2D eigenvalue weighted by atomic mass is 10.0. The van der Waals surface area contributed by atoms with Crippen molar-refractivity contribution in [2.24, 2.45) is 0 Å². The molecule has 4 heteroatoms. The molecule has 130 valence electrons. The summed E-state index contributed by atoms with van der Waals surface area (Å²) in [6, 6.07) is 6.34. The van der Waals surface area contributed by atoms with E-state index in [9.17, 15) is 5.11 Å². The van der Waals surface area contributed by atoms with Gasteiger partial charge in [-0.15, -0.1) is 0 Å². The molecule has 0 spiro atoms. The number of quaternary nitrogens is 2. The maximum atomic E-state index is 10.3. The highest BCUT2D eigenvalue weighted by Gasteiger charge is 2.24. The standard InChI is InChI=1S/C19H32N2O2/c1-5-20-8-10-21(11-9-20)13-17(22)14-23-19-12-16(4)6-7-18(19)15(2)3/h6-7,12,15,17,22H,5,8-11,13-14H2,1-4H3/p+2/t17-/m1/s1. The van der Waals surface area contributed by atoms with Crippen LogP contribution in [0.5, 0.6) is 5.75 Å². The highest BCUT2D eigenvalue weighted by molar-refractivity contribution is 5.39. The van der Waals surface area contributed by atoms with E-state index in [0.29, 0.717) is 12.5 Å². The molecule has 2 rings (SSSR count). The summed E-state index contributed by atoms with van der Waals surface area (Å²) in [6.07, 6.45) is -0.395. The van der Waals surface area contributed by atoms with Crippen molar-refractivity contribution in [3.63, 3.8) is 0 Å². The fourth-order valence-electron chi connectivity index (χ4n) is 3.34. The Morgan fingerprint density at radius 3 is 2.39 bits per heavy atom. The number of nitrogens with one attached hydrogen (secondary N) is 2. The Balaban J connectivity index is 1.83. The number of likely N-dealkylation sites (N-methyl/N-ethyl adjacent to an activating group) is 1. The van der Waals surface area contributed by atoms with E-state index in [1.54, 1.807) is 4.90 Å². The van der Waals surface area contributed by atoms with E-state index in [2.05, 4.69) is 45.9 Å². The van der Waals surface area contributed by atoms with E-state index in [4.69, 9.17) is 4.74 Å². The number of rotatable bonds is 7. The molecule has 0 aliphatic carbocycles. The highest BCUT2D eigenvalue weighted by atomic mass is 16.5. The maximum Gasteiger partial charge on any atom is 0.137 e. The van der Waals surface area contributed by atoms with Gasteiger partial charge in [-0.2, -0.15) is 0 Å². The molecule has 0 amide bonds. The zero-order chi connectivity index (χ0) is 16.8. The molecular formula is C19H34N2O2+2. The molecule has 1 saturated heterocycles. The third kappa shape index (κ3) is 5.48. The Bertz CT molecular complexity index is 482. The first-order valence-corrected chi connectivity index (χ1v) is 9.08. The quantitative estimate of drug-likeness (QED) is 0.643. The van der Waals surface area contributed by atoms with Gasteiger partial charge in [0.15, 0.2) is 0 Å². The van der Waals surface area contributed by atoms with E-state index >= 15 is 0 Å². The van der Waals surface area contributed by atoms with Crippen LogP contribution in [0, 0.1) is 6.92 Å². The second-order valence-electron chi connectivity index (χ2n) is 7.22. The maximum absolute atomic E-state index is 10.3. The number of aliphatic hydroxyl groups excluding tert-OH is 1. The first kappa shape index (κ1) is 18.2. The predicted octanol–water partition coefficient (Wildman–Crippen LogP) is -0.339. The topological polar surface area (TPSA) is 38.3 Å². The smallest absolute Gasteiger partial charge is 0.137 e. The number of hydrogen-bond acceptors (Lipinski definition) is 2. The number of aryl methyl sites for hydroxylation is 1. The zero-order valence-corrected chi connectivity index (χ0v) is 15.2. The van der Waals surface area contributed by atoms with Crippen LogP contribution >= 0.6 is 0 Å². The van der Waals surface area contributed by atoms with Crippen molar-refractivity contribution in [3.8, 4) is 5.75 Å². The number of benzene rings is 1. The Hall–Kier alpha value is -1.10. The van der Waals surface area contributed by atoms with Gasteiger partial charge in [0, 0.05) is 0 Å². The Kier molecular flexibility index (Phi) is 6.88. The van der Waals surface area contributed by atoms with Gasteiger partial charge in [-0.25, -0.2) is 0 Å². The van der Waals surface area contributed by atoms with Crippen molar-refractivity contribution >= 4 is 0 Å². The van der Waals surface area contributed by atoms with Crippen LogP contribution in [-0.4, -0.2) is 57.1 Å². The number of aliphatic hydroxyl groups is 1. The van der Waals surface area contributed by atoms with Gasteiger partial charge >= 0.3 is 0 Å². The first-order chi connectivity index (χ1) is 11.0. The summed E-state index contributed by atoms with van der Waals surface area (Å²) in [7, 11) is 0. The molecule has 0 saturated carbocycles. The van der Waals surface area contributed by atoms with Gasteiger partial charge in [-0.1, -0.05) is 26.0 Å². The van der Waals surface area contributed by atoms with Crippen molar-refractivity contribution in [2.45, 2.75) is 39.7 Å². The molecular weight excluding hydrogens is 288 g/mol. The van der Waals surface area contributed by atoms with Gasteiger partial charge < -0.3 is 19.6 Å². The zero-order valence-electron chi connectivity index (χ0n) is 15.2. The van der Waals surface area contributed by atoms with E-state index in [1.165, 1.54) is 35.7 Å². The summed E-state index contributed by atoms with van der Waals surface area (Å²) in [5.74, 6) is 1.35. The normalized spacial score (nSPS) is 23.0. The highest BCUT2D eigenvalue weighted by Crippen LogP contribution is 2.27. The molecule has 0 aromatic heterocycles. The molecule has 1 aromatic rings. The second kappa shape index (κ2) is 8.67.